The minimum atomic E-state index is 0.542. The van der Waals surface area contributed by atoms with Crippen molar-refractivity contribution in [3.8, 4) is 17.4 Å². The number of nitrogens with one attached hydrogen (secondary N) is 1. The van der Waals surface area contributed by atoms with Crippen molar-refractivity contribution in [1.82, 2.24) is 15.0 Å². The van der Waals surface area contributed by atoms with Gasteiger partial charge in [-0.15, -0.1) is 0 Å². The molecule has 0 spiro atoms. The van der Waals surface area contributed by atoms with Crippen LogP contribution in [0.25, 0.3) is 11.5 Å². The first-order valence-corrected chi connectivity index (χ1v) is 7.25. The lowest BCUT2D eigenvalue weighted by Crippen LogP contribution is -2.06. The quantitative estimate of drug-likeness (QED) is 0.883. The van der Waals surface area contributed by atoms with Crippen LogP contribution in [0.5, 0.6) is 5.88 Å². The van der Waals surface area contributed by atoms with E-state index in [4.69, 9.17) is 4.74 Å². The van der Waals surface area contributed by atoms with Crippen LogP contribution >= 0.6 is 0 Å². The first-order valence-electron chi connectivity index (χ1n) is 7.25. The molecule has 0 atom stereocenters. The van der Waals surface area contributed by atoms with E-state index in [9.17, 15) is 0 Å². The lowest BCUT2D eigenvalue weighted by molar-refractivity contribution is 0.398. The Labute approximate surface area is 125 Å². The summed E-state index contributed by atoms with van der Waals surface area (Å²) >= 11 is 0. The van der Waals surface area contributed by atoms with E-state index >= 15 is 0 Å². The van der Waals surface area contributed by atoms with Crippen molar-refractivity contribution in [2.45, 2.75) is 27.2 Å². The summed E-state index contributed by atoms with van der Waals surface area (Å²) in [5, 5.41) is 3.25. The van der Waals surface area contributed by atoms with Gasteiger partial charge in [-0.2, -0.15) is 0 Å². The van der Waals surface area contributed by atoms with Crippen LogP contribution in [0, 0.1) is 5.92 Å². The lowest BCUT2D eigenvalue weighted by atomic mass is 10.1. The molecule has 0 amide bonds. The van der Waals surface area contributed by atoms with E-state index in [1.165, 1.54) is 0 Å². The largest absolute Gasteiger partial charge is 0.481 e. The lowest BCUT2D eigenvalue weighted by Gasteiger charge is -2.10. The first-order chi connectivity index (χ1) is 10.1. The molecule has 0 aromatic carbocycles. The van der Waals surface area contributed by atoms with E-state index in [0.717, 1.165) is 30.2 Å². The zero-order chi connectivity index (χ0) is 15.2. The highest BCUT2D eigenvalue weighted by Gasteiger charge is 2.10. The van der Waals surface area contributed by atoms with Crippen LogP contribution in [0.4, 0.5) is 5.82 Å². The molecule has 0 bridgehead atoms. The van der Waals surface area contributed by atoms with Crippen LogP contribution in [-0.4, -0.2) is 28.6 Å². The molecule has 2 aromatic rings. The Morgan fingerprint density at radius 2 is 2.00 bits per heavy atom. The highest BCUT2D eigenvalue weighted by molar-refractivity contribution is 5.54. The molecule has 1 N–H and O–H groups in total. The van der Waals surface area contributed by atoms with Crippen molar-refractivity contribution in [2.24, 2.45) is 5.92 Å². The van der Waals surface area contributed by atoms with E-state index in [2.05, 4.69) is 34.1 Å². The van der Waals surface area contributed by atoms with Crippen molar-refractivity contribution in [2.75, 3.05) is 19.0 Å². The molecule has 0 saturated carbocycles. The minimum Gasteiger partial charge on any atom is -0.481 e. The van der Waals surface area contributed by atoms with Crippen molar-refractivity contribution in [3.63, 3.8) is 0 Å². The Morgan fingerprint density at radius 3 is 2.67 bits per heavy atom. The summed E-state index contributed by atoms with van der Waals surface area (Å²) in [6.07, 6.45) is 0.915. The molecule has 0 fully saturated rings. The molecular weight excluding hydrogens is 264 g/mol. The Balaban J connectivity index is 2.42. The summed E-state index contributed by atoms with van der Waals surface area (Å²) in [5.41, 5.74) is 1.75. The molecule has 2 heterocycles. The SMILES string of the molecule is CCNc1cc(CC(C)C)nc(-c2cccc(OC)n2)n1. The number of nitrogens with zero attached hydrogens (tertiary/aromatic N) is 3. The second-order valence-electron chi connectivity index (χ2n) is 5.26. The predicted octanol–water partition coefficient (Wildman–Crippen LogP) is 3.18. The molecule has 21 heavy (non-hydrogen) atoms. The number of methoxy groups -OCH3 is 1. The van der Waals surface area contributed by atoms with Crippen molar-refractivity contribution >= 4 is 5.82 Å². The summed E-state index contributed by atoms with van der Waals surface area (Å²) < 4.78 is 5.17. The van der Waals surface area contributed by atoms with Gasteiger partial charge in [0.05, 0.1) is 7.11 Å². The Hall–Kier alpha value is -2.17. The van der Waals surface area contributed by atoms with Gasteiger partial charge in [-0.25, -0.2) is 15.0 Å². The number of pyridine rings is 1. The third-order valence-electron chi connectivity index (χ3n) is 2.92. The smallest absolute Gasteiger partial charge is 0.213 e. The van der Waals surface area contributed by atoms with E-state index < -0.39 is 0 Å². The van der Waals surface area contributed by atoms with Crippen LogP contribution in [0.3, 0.4) is 0 Å². The van der Waals surface area contributed by atoms with Crippen LogP contribution in [0.1, 0.15) is 26.5 Å². The molecule has 0 aliphatic rings. The van der Waals surface area contributed by atoms with Gasteiger partial charge in [0, 0.05) is 24.4 Å². The standard InChI is InChI=1S/C16H22N4O/c1-5-17-14-10-12(9-11(2)3)18-16(20-14)13-7-6-8-15(19-13)21-4/h6-8,10-11H,5,9H2,1-4H3,(H,17,18,20). The third-order valence-corrected chi connectivity index (χ3v) is 2.92. The zero-order valence-electron chi connectivity index (χ0n) is 13.1. The van der Waals surface area contributed by atoms with Crippen LogP contribution in [0.2, 0.25) is 0 Å². The molecule has 2 rings (SSSR count). The maximum absolute atomic E-state index is 5.17. The molecule has 5 nitrogen and oxygen atoms in total. The Morgan fingerprint density at radius 1 is 1.19 bits per heavy atom. The Kier molecular flexibility index (Phi) is 5.09. The molecular formula is C16H22N4O. The van der Waals surface area contributed by atoms with Gasteiger partial charge < -0.3 is 10.1 Å². The van der Waals surface area contributed by atoms with Crippen molar-refractivity contribution in [3.05, 3.63) is 30.0 Å². The van der Waals surface area contributed by atoms with Gasteiger partial charge in [-0.3, -0.25) is 0 Å². The maximum atomic E-state index is 5.17. The van der Waals surface area contributed by atoms with Gasteiger partial charge in [0.25, 0.3) is 0 Å². The molecule has 0 radical (unpaired) electrons. The molecule has 5 heteroatoms. The molecule has 0 aliphatic heterocycles. The molecule has 2 aromatic heterocycles. The maximum Gasteiger partial charge on any atom is 0.213 e. The van der Waals surface area contributed by atoms with Gasteiger partial charge in [0.2, 0.25) is 5.88 Å². The van der Waals surface area contributed by atoms with E-state index in [0.29, 0.717) is 17.6 Å². The van der Waals surface area contributed by atoms with E-state index in [1.807, 2.05) is 31.2 Å². The Bertz CT molecular complexity index is 599. The summed E-state index contributed by atoms with van der Waals surface area (Å²) in [7, 11) is 1.60. The number of hydrogen-bond acceptors (Lipinski definition) is 5. The highest BCUT2D eigenvalue weighted by Crippen LogP contribution is 2.20. The highest BCUT2D eigenvalue weighted by atomic mass is 16.5. The molecule has 0 saturated heterocycles. The molecule has 0 aliphatic carbocycles. The number of hydrogen-bond donors (Lipinski definition) is 1. The number of aromatic nitrogens is 3. The van der Waals surface area contributed by atoms with E-state index in [-0.39, 0.29) is 0 Å². The second-order valence-corrected chi connectivity index (χ2v) is 5.26. The number of ether oxygens (including phenoxy) is 1. The summed E-state index contributed by atoms with van der Waals surface area (Å²) in [4.78, 5) is 13.6. The normalized spacial score (nSPS) is 10.7. The van der Waals surface area contributed by atoms with E-state index in [1.54, 1.807) is 7.11 Å². The fraction of sp³-hybridized carbons (Fsp3) is 0.438. The summed E-state index contributed by atoms with van der Waals surface area (Å²) in [6, 6.07) is 7.61. The molecule has 0 unspecified atom stereocenters. The predicted molar refractivity (Wildman–Crippen MR) is 84.5 cm³/mol. The van der Waals surface area contributed by atoms with Crippen LogP contribution in [-0.2, 0) is 6.42 Å². The van der Waals surface area contributed by atoms with Crippen LogP contribution in [0.15, 0.2) is 24.3 Å². The van der Waals surface area contributed by atoms with Crippen molar-refractivity contribution < 1.29 is 4.74 Å². The number of anilines is 1. The third kappa shape index (κ3) is 4.15. The summed E-state index contributed by atoms with van der Waals surface area (Å²) in [5.74, 6) is 2.57. The van der Waals surface area contributed by atoms with Gasteiger partial charge in [-0.1, -0.05) is 19.9 Å². The van der Waals surface area contributed by atoms with Crippen LogP contribution < -0.4 is 10.1 Å². The van der Waals surface area contributed by atoms with Gasteiger partial charge >= 0.3 is 0 Å². The average Bonchev–Trinajstić information content (AvgIpc) is 2.46. The molecule has 112 valence electrons. The monoisotopic (exact) mass is 286 g/mol. The fourth-order valence-corrected chi connectivity index (χ4v) is 2.06. The van der Waals surface area contributed by atoms with Gasteiger partial charge in [0.1, 0.15) is 11.5 Å². The topological polar surface area (TPSA) is 59.9 Å². The summed E-state index contributed by atoms with van der Waals surface area (Å²) in [6.45, 7) is 7.23. The van der Waals surface area contributed by atoms with Gasteiger partial charge in [-0.05, 0) is 25.3 Å². The first kappa shape index (κ1) is 15.2. The van der Waals surface area contributed by atoms with Gasteiger partial charge in [0.15, 0.2) is 5.82 Å². The average molecular weight is 286 g/mol. The second kappa shape index (κ2) is 7.02. The van der Waals surface area contributed by atoms with Crippen molar-refractivity contribution in [1.29, 1.82) is 0 Å². The zero-order valence-corrected chi connectivity index (χ0v) is 13.1. The minimum absolute atomic E-state index is 0.542. The number of rotatable bonds is 6. The fourth-order valence-electron chi connectivity index (χ4n) is 2.06.